The van der Waals surface area contributed by atoms with Crippen LogP contribution in [-0.2, 0) is 16.1 Å². The molecule has 0 bridgehead atoms. The highest BCUT2D eigenvalue weighted by Gasteiger charge is 2.33. The molecule has 7 heteroatoms. The Morgan fingerprint density at radius 2 is 1.85 bits per heavy atom. The number of carbonyl (C=O) groups is 1. The van der Waals surface area contributed by atoms with Crippen LogP contribution >= 0.6 is 0 Å². The van der Waals surface area contributed by atoms with Gasteiger partial charge in [0.1, 0.15) is 18.1 Å². The van der Waals surface area contributed by atoms with Gasteiger partial charge in [0.25, 0.3) is 0 Å². The van der Waals surface area contributed by atoms with Gasteiger partial charge in [-0.05, 0) is 29.5 Å². The zero-order valence-corrected chi connectivity index (χ0v) is 18.6. The SMILES string of the molecule is COCCOc1c(COC2CN(C(=O)O)CCC2c2ccc(O)cc2)ccc2ccccc12. The number of benzene rings is 3. The lowest BCUT2D eigenvalue weighted by atomic mass is 9.87. The summed E-state index contributed by atoms with van der Waals surface area (Å²) >= 11 is 0. The summed E-state index contributed by atoms with van der Waals surface area (Å²) in [5, 5.41) is 21.3. The average molecular weight is 452 g/mol. The highest BCUT2D eigenvalue weighted by Crippen LogP contribution is 2.34. The van der Waals surface area contributed by atoms with E-state index in [9.17, 15) is 15.0 Å². The van der Waals surface area contributed by atoms with Gasteiger partial charge in [-0.25, -0.2) is 4.79 Å². The normalized spacial score (nSPS) is 18.4. The van der Waals surface area contributed by atoms with E-state index in [-0.39, 0.29) is 24.3 Å². The predicted molar refractivity (Wildman–Crippen MR) is 125 cm³/mol. The number of piperidine rings is 1. The van der Waals surface area contributed by atoms with Crippen molar-refractivity contribution in [3.8, 4) is 11.5 Å². The highest BCUT2D eigenvalue weighted by atomic mass is 16.5. The molecule has 174 valence electrons. The second-order valence-electron chi connectivity index (χ2n) is 8.18. The van der Waals surface area contributed by atoms with Crippen LogP contribution in [0.3, 0.4) is 0 Å². The summed E-state index contributed by atoms with van der Waals surface area (Å²) in [5.74, 6) is 0.991. The summed E-state index contributed by atoms with van der Waals surface area (Å²) in [4.78, 5) is 13.0. The van der Waals surface area contributed by atoms with Crippen LogP contribution in [0.15, 0.2) is 60.7 Å². The summed E-state index contributed by atoms with van der Waals surface area (Å²) in [5.41, 5.74) is 1.93. The molecule has 0 aliphatic carbocycles. The van der Waals surface area contributed by atoms with E-state index >= 15 is 0 Å². The van der Waals surface area contributed by atoms with Crippen molar-refractivity contribution in [2.24, 2.45) is 0 Å². The molecular formula is C26H29NO6. The van der Waals surface area contributed by atoms with E-state index in [4.69, 9.17) is 14.2 Å². The summed E-state index contributed by atoms with van der Waals surface area (Å²) < 4.78 is 17.6. The van der Waals surface area contributed by atoms with E-state index in [1.54, 1.807) is 19.2 Å². The fraction of sp³-hybridized carbons (Fsp3) is 0.346. The Balaban J connectivity index is 1.58. The van der Waals surface area contributed by atoms with Crippen LogP contribution in [0.4, 0.5) is 4.79 Å². The van der Waals surface area contributed by atoms with Crippen molar-refractivity contribution in [3.05, 3.63) is 71.8 Å². The number of likely N-dealkylation sites (tertiary alicyclic amines) is 1. The number of phenolic OH excluding ortho intramolecular Hbond substituents is 1. The molecule has 7 nitrogen and oxygen atoms in total. The number of rotatable bonds is 8. The van der Waals surface area contributed by atoms with E-state index < -0.39 is 6.09 Å². The van der Waals surface area contributed by atoms with Crippen molar-refractivity contribution < 1.29 is 29.2 Å². The molecule has 1 aliphatic rings. The van der Waals surface area contributed by atoms with E-state index in [2.05, 4.69) is 0 Å². The quantitative estimate of drug-likeness (QED) is 0.486. The number of hydrogen-bond donors (Lipinski definition) is 2. The Kier molecular flexibility index (Phi) is 7.32. The monoisotopic (exact) mass is 451 g/mol. The van der Waals surface area contributed by atoms with Crippen molar-refractivity contribution in [1.29, 1.82) is 0 Å². The highest BCUT2D eigenvalue weighted by molar-refractivity contribution is 5.89. The first-order valence-corrected chi connectivity index (χ1v) is 11.1. The molecule has 3 aromatic carbocycles. The van der Waals surface area contributed by atoms with Gasteiger partial charge in [0, 0.05) is 30.5 Å². The van der Waals surface area contributed by atoms with Gasteiger partial charge in [-0.3, -0.25) is 0 Å². The molecule has 0 radical (unpaired) electrons. The van der Waals surface area contributed by atoms with Crippen LogP contribution in [0.2, 0.25) is 0 Å². The maximum Gasteiger partial charge on any atom is 0.407 e. The molecule has 2 atom stereocenters. The molecule has 0 saturated carbocycles. The van der Waals surface area contributed by atoms with E-state index in [1.807, 2.05) is 48.5 Å². The maximum atomic E-state index is 11.6. The zero-order chi connectivity index (χ0) is 23.2. The van der Waals surface area contributed by atoms with Crippen molar-refractivity contribution in [3.63, 3.8) is 0 Å². The zero-order valence-electron chi connectivity index (χ0n) is 18.6. The minimum absolute atomic E-state index is 0.0273. The van der Waals surface area contributed by atoms with Crippen LogP contribution in [0.5, 0.6) is 11.5 Å². The van der Waals surface area contributed by atoms with Crippen LogP contribution in [-0.4, -0.2) is 60.7 Å². The molecule has 33 heavy (non-hydrogen) atoms. The number of hydrogen-bond acceptors (Lipinski definition) is 5. The van der Waals surface area contributed by atoms with Gasteiger partial charge in [0.15, 0.2) is 0 Å². The molecule has 3 aromatic rings. The largest absolute Gasteiger partial charge is 0.508 e. The van der Waals surface area contributed by atoms with E-state index in [0.29, 0.717) is 32.8 Å². The Morgan fingerprint density at radius 3 is 2.61 bits per heavy atom. The molecule has 2 N–H and O–H groups in total. The molecule has 1 amide bonds. The minimum atomic E-state index is -0.943. The lowest BCUT2D eigenvalue weighted by Crippen LogP contribution is -2.46. The molecule has 1 aliphatic heterocycles. The van der Waals surface area contributed by atoms with Crippen molar-refractivity contribution in [2.75, 3.05) is 33.4 Å². The average Bonchev–Trinajstić information content (AvgIpc) is 2.83. The third-order valence-corrected chi connectivity index (χ3v) is 6.10. The van der Waals surface area contributed by atoms with Gasteiger partial charge < -0.3 is 29.3 Å². The molecular weight excluding hydrogens is 422 g/mol. The van der Waals surface area contributed by atoms with E-state index in [1.165, 1.54) is 4.90 Å². The number of aromatic hydroxyl groups is 1. The van der Waals surface area contributed by atoms with Crippen LogP contribution in [0.1, 0.15) is 23.5 Å². The Hall–Kier alpha value is -3.29. The molecule has 1 saturated heterocycles. The number of ether oxygens (including phenoxy) is 3. The molecule has 2 unspecified atom stereocenters. The summed E-state index contributed by atoms with van der Waals surface area (Å²) in [7, 11) is 1.64. The summed E-state index contributed by atoms with van der Waals surface area (Å²) in [6.07, 6.45) is -0.615. The predicted octanol–water partition coefficient (Wildman–Crippen LogP) is 4.62. The third kappa shape index (κ3) is 5.38. The topological polar surface area (TPSA) is 88.5 Å². The summed E-state index contributed by atoms with van der Waals surface area (Å²) in [6.45, 7) is 1.92. The fourth-order valence-corrected chi connectivity index (χ4v) is 4.36. The van der Waals surface area contributed by atoms with Crippen molar-refractivity contribution in [1.82, 2.24) is 4.90 Å². The van der Waals surface area contributed by atoms with Crippen LogP contribution in [0.25, 0.3) is 10.8 Å². The van der Waals surface area contributed by atoms with Gasteiger partial charge in [0.2, 0.25) is 0 Å². The van der Waals surface area contributed by atoms with Crippen LogP contribution < -0.4 is 4.74 Å². The molecule has 4 rings (SSSR count). The Labute approximate surface area is 193 Å². The standard InChI is InChI=1S/C26H29NO6/c1-31-14-15-32-25-20(7-6-18-4-2-3-5-23(18)25)17-33-24-16-27(26(29)30)13-12-22(24)19-8-10-21(28)11-9-19/h2-11,22,24,28H,12-17H2,1H3,(H,29,30). The van der Waals surface area contributed by atoms with Gasteiger partial charge in [0.05, 0.1) is 25.9 Å². The van der Waals surface area contributed by atoms with E-state index in [0.717, 1.165) is 27.6 Å². The number of fused-ring (bicyclic) bond motifs is 1. The van der Waals surface area contributed by atoms with Gasteiger partial charge in [-0.1, -0.05) is 48.5 Å². The number of amides is 1. The number of nitrogens with zero attached hydrogens (tertiary/aromatic N) is 1. The number of phenols is 1. The Morgan fingerprint density at radius 1 is 1.06 bits per heavy atom. The molecule has 0 aromatic heterocycles. The first-order chi connectivity index (χ1) is 16.1. The number of methoxy groups -OCH3 is 1. The van der Waals surface area contributed by atoms with Crippen molar-refractivity contribution >= 4 is 16.9 Å². The molecule has 1 fully saturated rings. The molecule has 1 heterocycles. The second-order valence-corrected chi connectivity index (χ2v) is 8.18. The lowest BCUT2D eigenvalue weighted by Gasteiger charge is -2.37. The lowest BCUT2D eigenvalue weighted by molar-refractivity contribution is -0.0206. The third-order valence-electron chi connectivity index (χ3n) is 6.10. The van der Waals surface area contributed by atoms with Crippen molar-refractivity contribution in [2.45, 2.75) is 25.0 Å². The van der Waals surface area contributed by atoms with Gasteiger partial charge in [-0.2, -0.15) is 0 Å². The summed E-state index contributed by atoms with van der Waals surface area (Å²) in [6, 6.07) is 19.1. The van der Waals surface area contributed by atoms with Crippen LogP contribution in [0, 0.1) is 0 Å². The van der Waals surface area contributed by atoms with Gasteiger partial charge in [-0.15, -0.1) is 0 Å². The maximum absolute atomic E-state index is 11.6. The smallest absolute Gasteiger partial charge is 0.407 e. The first kappa shape index (κ1) is 22.9. The molecule has 0 spiro atoms. The first-order valence-electron chi connectivity index (χ1n) is 11.1. The Bertz CT molecular complexity index is 1080. The fourth-order valence-electron chi connectivity index (χ4n) is 4.36. The number of carboxylic acid groups (broad SMARTS) is 1. The van der Waals surface area contributed by atoms with Gasteiger partial charge >= 0.3 is 6.09 Å². The minimum Gasteiger partial charge on any atom is -0.508 e. The second kappa shape index (κ2) is 10.6.